The lowest BCUT2D eigenvalue weighted by Crippen LogP contribution is -2.35. The monoisotopic (exact) mass is 242 g/mol. The van der Waals surface area contributed by atoms with Crippen LogP contribution in [0.2, 0.25) is 0 Å². The second-order valence-corrected chi connectivity index (χ2v) is 3.90. The smallest absolute Gasteiger partial charge is 0.282 e. The largest absolute Gasteiger partial charge is 0.288 e. The zero-order valence-corrected chi connectivity index (χ0v) is 8.97. The van der Waals surface area contributed by atoms with Crippen molar-refractivity contribution in [3.63, 3.8) is 0 Å². The van der Waals surface area contributed by atoms with Gasteiger partial charge in [0.05, 0.1) is 4.92 Å². The van der Waals surface area contributed by atoms with Crippen molar-refractivity contribution in [2.45, 2.75) is 0 Å². The molecular formula is C12H6N2O4. The van der Waals surface area contributed by atoms with Crippen molar-refractivity contribution in [2.24, 2.45) is 0 Å². The lowest BCUT2D eigenvalue weighted by molar-refractivity contribution is -0.385. The average Bonchev–Trinajstić information content (AvgIpc) is 2.34. The van der Waals surface area contributed by atoms with Crippen LogP contribution in [0.5, 0.6) is 0 Å². The number of nitro benzene ring substituents is 1. The number of carbonyl (C=O) groups excluding carboxylic acids is 2. The van der Waals surface area contributed by atoms with E-state index in [4.69, 9.17) is 0 Å². The van der Waals surface area contributed by atoms with E-state index < -0.39 is 16.7 Å². The van der Waals surface area contributed by atoms with Crippen LogP contribution in [-0.4, -0.2) is 16.7 Å². The van der Waals surface area contributed by atoms with Gasteiger partial charge in [-0.3, -0.25) is 25.0 Å². The van der Waals surface area contributed by atoms with Gasteiger partial charge in [0.25, 0.3) is 17.5 Å². The Morgan fingerprint density at radius 1 is 1.06 bits per heavy atom. The molecule has 0 saturated carbocycles. The molecule has 88 valence electrons. The fourth-order valence-corrected chi connectivity index (χ4v) is 2.17. The first-order valence-electron chi connectivity index (χ1n) is 5.15. The molecule has 0 unspecified atom stereocenters. The Morgan fingerprint density at radius 2 is 1.83 bits per heavy atom. The molecule has 0 bridgehead atoms. The minimum absolute atomic E-state index is 0.0484. The lowest BCUT2D eigenvalue weighted by Gasteiger charge is -2.16. The van der Waals surface area contributed by atoms with Gasteiger partial charge in [0.1, 0.15) is 5.56 Å². The maximum Gasteiger partial charge on any atom is 0.282 e. The molecule has 0 aromatic heterocycles. The van der Waals surface area contributed by atoms with Crippen LogP contribution in [0, 0.1) is 10.1 Å². The van der Waals surface area contributed by atoms with Gasteiger partial charge in [-0.25, -0.2) is 0 Å². The molecule has 2 aromatic carbocycles. The van der Waals surface area contributed by atoms with Gasteiger partial charge in [-0.1, -0.05) is 12.1 Å². The summed E-state index contributed by atoms with van der Waals surface area (Å²) in [5.41, 5.74) is -0.0570. The second-order valence-electron chi connectivity index (χ2n) is 3.90. The van der Waals surface area contributed by atoms with Crippen molar-refractivity contribution in [3.8, 4) is 0 Å². The van der Waals surface area contributed by atoms with Gasteiger partial charge < -0.3 is 0 Å². The van der Waals surface area contributed by atoms with Crippen LogP contribution in [0.1, 0.15) is 20.7 Å². The fraction of sp³-hybridized carbons (Fsp3) is 0. The van der Waals surface area contributed by atoms with E-state index in [9.17, 15) is 19.7 Å². The first-order valence-corrected chi connectivity index (χ1v) is 5.15. The lowest BCUT2D eigenvalue weighted by atomic mass is 9.94. The molecule has 2 aromatic rings. The van der Waals surface area contributed by atoms with Crippen LogP contribution in [-0.2, 0) is 0 Å². The summed E-state index contributed by atoms with van der Waals surface area (Å²) in [6, 6.07) is 7.72. The molecule has 0 radical (unpaired) electrons. The quantitative estimate of drug-likeness (QED) is 0.467. The number of amides is 2. The van der Waals surface area contributed by atoms with E-state index in [1.165, 1.54) is 18.2 Å². The van der Waals surface area contributed by atoms with Gasteiger partial charge in [0.2, 0.25) is 0 Å². The third-order valence-corrected chi connectivity index (χ3v) is 2.92. The number of hydrogen-bond acceptors (Lipinski definition) is 4. The molecular weight excluding hydrogens is 236 g/mol. The highest BCUT2D eigenvalue weighted by Crippen LogP contribution is 2.32. The van der Waals surface area contributed by atoms with Crippen molar-refractivity contribution >= 4 is 28.3 Å². The van der Waals surface area contributed by atoms with E-state index >= 15 is 0 Å². The highest BCUT2D eigenvalue weighted by molar-refractivity contribution is 6.27. The van der Waals surface area contributed by atoms with E-state index in [1.54, 1.807) is 12.1 Å². The van der Waals surface area contributed by atoms with E-state index in [2.05, 4.69) is 5.32 Å². The Labute approximate surface area is 100 Å². The number of carbonyl (C=O) groups is 2. The molecule has 2 amide bonds. The predicted octanol–water partition coefficient (Wildman–Crippen LogP) is 1.63. The number of nitro groups is 1. The molecule has 0 atom stereocenters. The summed E-state index contributed by atoms with van der Waals surface area (Å²) in [5.74, 6) is -1.26. The number of hydrogen-bond donors (Lipinski definition) is 1. The molecule has 3 rings (SSSR count). The number of nitrogens with zero attached hydrogens (tertiary/aromatic N) is 1. The van der Waals surface area contributed by atoms with Crippen molar-refractivity contribution < 1.29 is 14.5 Å². The SMILES string of the molecule is O=C1NC(=O)c2c([N+](=O)[O-])ccc3cccc1c23. The number of rotatable bonds is 1. The number of imide groups is 1. The van der Waals surface area contributed by atoms with Gasteiger partial charge in [-0.15, -0.1) is 0 Å². The Kier molecular flexibility index (Phi) is 1.94. The summed E-state index contributed by atoms with van der Waals surface area (Å²) in [5, 5.41) is 14.0. The maximum atomic E-state index is 11.8. The first-order chi connectivity index (χ1) is 8.59. The highest BCUT2D eigenvalue weighted by Gasteiger charge is 2.31. The summed E-state index contributed by atoms with van der Waals surface area (Å²) in [6.07, 6.45) is 0. The Balaban J connectivity index is 2.55. The van der Waals surface area contributed by atoms with Crippen LogP contribution in [0.4, 0.5) is 5.69 Å². The molecule has 1 N–H and O–H groups in total. The summed E-state index contributed by atoms with van der Waals surface area (Å²) < 4.78 is 0. The molecule has 0 saturated heterocycles. The highest BCUT2D eigenvalue weighted by atomic mass is 16.6. The average molecular weight is 242 g/mol. The molecule has 1 heterocycles. The zero-order valence-electron chi connectivity index (χ0n) is 8.97. The van der Waals surface area contributed by atoms with Crippen molar-refractivity contribution in [3.05, 3.63) is 51.6 Å². The molecule has 6 nitrogen and oxygen atoms in total. The third kappa shape index (κ3) is 1.22. The molecule has 6 heteroatoms. The summed E-state index contributed by atoms with van der Waals surface area (Å²) in [7, 11) is 0. The van der Waals surface area contributed by atoms with Gasteiger partial charge in [-0.05, 0) is 17.5 Å². The van der Waals surface area contributed by atoms with Gasteiger partial charge in [0.15, 0.2) is 0 Å². The second kappa shape index (κ2) is 3.36. The van der Waals surface area contributed by atoms with Crippen LogP contribution < -0.4 is 5.32 Å². The molecule has 1 aliphatic rings. The molecule has 1 aliphatic heterocycles. The maximum absolute atomic E-state index is 11.8. The van der Waals surface area contributed by atoms with Gasteiger partial charge >= 0.3 is 0 Å². The summed E-state index contributed by atoms with van der Waals surface area (Å²) in [4.78, 5) is 33.7. The van der Waals surface area contributed by atoms with Crippen molar-refractivity contribution in [1.29, 1.82) is 0 Å². The first kappa shape index (κ1) is 10.4. The number of nitrogens with one attached hydrogen (secondary N) is 1. The van der Waals surface area contributed by atoms with Gasteiger partial charge in [0, 0.05) is 17.0 Å². The minimum Gasteiger partial charge on any atom is -0.288 e. The minimum atomic E-state index is -0.726. The number of benzene rings is 2. The molecule has 0 fully saturated rings. The van der Waals surface area contributed by atoms with E-state index in [1.807, 2.05) is 0 Å². The van der Waals surface area contributed by atoms with E-state index in [0.29, 0.717) is 10.8 Å². The van der Waals surface area contributed by atoms with E-state index in [-0.39, 0.29) is 16.8 Å². The van der Waals surface area contributed by atoms with E-state index in [0.717, 1.165) is 0 Å². The van der Waals surface area contributed by atoms with Crippen molar-refractivity contribution in [1.82, 2.24) is 5.32 Å². The summed E-state index contributed by atoms with van der Waals surface area (Å²) in [6.45, 7) is 0. The zero-order chi connectivity index (χ0) is 12.9. The Hall–Kier alpha value is -2.76. The Bertz CT molecular complexity index is 736. The van der Waals surface area contributed by atoms with Gasteiger partial charge in [-0.2, -0.15) is 0 Å². The van der Waals surface area contributed by atoms with Crippen molar-refractivity contribution in [2.75, 3.05) is 0 Å². The van der Waals surface area contributed by atoms with Crippen LogP contribution in [0.15, 0.2) is 30.3 Å². The third-order valence-electron chi connectivity index (χ3n) is 2.92. The van der Waals surface area contributed by atoms with Crippen LogP contribution in [0.25, 0.3) is 10.8 Å². The molecule has 0 spiro atoms. The molecule has 18 heavy (non-hydrogen) atoms. The Morgan fingerprint density at radius 3 is 2.56 bits per heavy atom. The topological polar surface area (TPSA) is 89.3 Å². The normalized spacial score (nSPS) is 13.6. The molecule has 0 aliphatic carbocycles. The standard InChI is InChI=1S/C12H6N2O4/c15-11-7-3-1-2-6-4-5-8(14(17)18)10(9(6)7)12(16)13-11/h1-5H,(H,13,15,16). The summed E-state index contributed by atoms with van der Waals surface area (Å²) >= 11 is 0. The van der Waals surface area contributed by atoms with Crippen LogP contribution in [0.3, 0.4) is 0 Å². The fourth-order valence-electron chi connectivity index (χ4n) is 2.17. The predicted molar refractivity (Wildman–Crippen MR) is 62.4 cm³/mol. The van der Waals surface area contributed by atoms with Crippen LogP contribution >= 0.6 is 0 Å².